The molecule has 2 nitrogen and oxygen atoms in total. The Morgan fingerprint density at radius 2 is 1.95 bits per heavy atom. The monoisotopic (exact) mass is 266 g/mol. The van der Waals surface area contributed by atoms with Gasteiger partial charge in [-0.1, -0.05) is 40.0 Å². The second-order valence-corrected chi connectivity index (χ2v) is 6.98. The van der Waals surface area contributed by atoms with Crippen molar-refractivity contribution in [2.75, 3.05) is 19.6 Å². The van der Waals surface area contributed by atoms with E-state index in [1.807, 2.05) is 0 Å². The fourth-order valence-electron chi connectivity index (χ4n) is 4.02. The summed E-state index contributed by atoms with van der Waals surface area (Å²) in [6, 6.07) is 1.61. The Kier molecular flexibility index (Phi) is 6.15. The van der Waals surface area contributed by atoms with Crippen LogP contribution in [0.25, 0.3) is 0 Å². The molecule has 4 atom stereocenters. The maximum Gasteiger partial charge on any atom is 0.0195 e. The molecule has 0 aromatic heterocycles. The first kappa shape index (κ1) is 15.3. The molecular formula is C17H34N2. The highest BCUT2D eigenvalue weighted by molar-refractivity contribution is 4.87. The van der Waals surface area contributed by atoms with Crippen molar-refractivity contribution in [2.45, 2.75) is 77.8 Å². The van der Waals surface area contributed by atoms with Crippen LogP contribution < -0.4 is 5.32 Å². The molecule has 1 heterocycles. The van der Waals surface area contributed by atoms with Gasteiger partial charge in [0.15, 0.2) is 0 Å². The average Bonchev–Trinajstić information content (AvgIpc) is 2.91. The van der Waals surface area contributed by atoms with Gasteiger partial charge in [-0.15, -0.1) is 0 Å². The third-order valence-corrected chi connectivity index (χ3v) is 5.55. The van der Waals surface area contributed by atoms with Crippen molar-refractivity contribution in [3.05, 3.63) is 0 Å². The van der Waals surface area contributed by atoms with Crippen LogP contribution in [0.2, 0.25) is 0 Å². The summed E-state index contributed by atoms with van der Waals surface area (Å²) in [5.74, 6) is 1.80. The summed E-state index contributed by atoms with van der Waals surface area (Å²) >= 11 is 0. The molecular weight excluding hydrogens is 232 g/mol. The summed E-state index contributed by atoms with van der Waals surface area (Å²) in [5.41, 5.74) is 0. The van der Waals surface area contributed by atoms with Crippen molar-refractivity contribution >= 4 is 0 Å². The van der Waals surface area contributed by atoms with Crippen LogP contribution in [-0.4, -0.2) is 36.6 Å². The molecule has 2 rings (SSSR count). The molecule has 2 heteroatoms. The quantitative estimate of drug-likeness (QED) is 0.789. The molecule has 2 fully saturated rings. The molecule has 1 saturated heterocycles. The van der Waals surface area contributed by atoms with Crippen molar-refractivity contribution in [3.8, 4) is 0 Å². The van der Waals surface area contributed by atoms with Gasteiger partial charge in [-0.25, -0.2) is 0 Å². The van der Waals surface area contributed by atoms with E-state index < -0.39 is 0 Å². The van der Waals surface area contributed by atoms with E-state index in [4.69, 9.17) is 0 Å². The highest BCUT2D eigenvalue weighted by atomic mass is 15.2. The van der Waals surface area contributed by atoms with Crippen LogP contribution in [0.1, 0.15) is 65.7 Å². The van der Waals surface area contributed by atoms with Gasteiger partial charge in [-0.05, 0) is 50.6 Å². The molecule has 0 aromatic carbocycles. The summed E-state index contributed by atoms with van der Waals surface area (Å²) in [5, 5.41) is 3.69. The van der Waals surface area contributed by atoms with Crippen LogP contribution in [0.5, 0.6) is 0 Å². The van der Waals surface area contributed by atoms with Gasteiger partial charge in [-0.2, -0.15) is 0 Å². The molecule has 4 unspecified atom stereocenters. The van der Waals surface area contributed by atoms with Crippen LogP contribution in [0, 0.1) is 11.8 Å². The Morgan fingerprint density at radius 3 is 2.63 bits per heavy atom. The van der Waals surface area contributed by atoms with Crippen LogP contribution in [0.3, 0.4) is 0 Å². The van der Waals surface area contributed by atoms with E-state index in [0.29, 0.717) is 0 Å². The summed E-state index contributed by atoms with van der Waals surface area (Å²) in [6.45, 7) is 11.1. The molecule has 19 heavy (non-hydrogen) atoms. The van der Waals surface area contributed by atoms with E-state index in [2.05, 4.69) is 31.0 Å². The van der Waals surface area contributed by atoms with E-state index in [-0.39, 0.29) is 0 Å². The predicted molar refractivity (Wildman–Crippen MR) is 83.5 cm³/mol. The van der Waals surface area contributed by atoms with E-state index in [1.165, 1.54) is 64.6 Å². The number of hydrogen-bond acceptors (Lipinski definition) is 2. The van der Waals surface area contributed by atoms with E-state index in [1.54, 1.807) is 0 Å². The van der Waals surface area contributed by atoms with Crippen molar-refractivity contribution < 1.29 is 0 Å². The first-order chi connectivity index (χ1) is 9.22. The third-order valence-electron chi connectivity index (χ3n) is 5.55. The molecule has 1 aliphatic carbocycles. The Hall–Kier alpha value is -0.0800. The molecule has 2 aliphatic rings. The molecule has 0 spiro atoms. The van der Waals surface area contributed by atoms with Gasteiger partial charge in [0.1, 0.15) is 0 Å². The SMILES string of the molecule is CCCCN(CC1CCCN1)C1CCCC(C)C1C. The van der Waals surface area contributed by atoms with Crippen LogP contribution in [-0.2, 0) is 0 Å². The average molecular weight is 266 g/mol. The molecule has 0 radical (unpaired) electrons. The Morgan fingerprint density at radius 1 is 1.11 bits per heavy atom. The lowest BCUT2D eigenvalue weighted by Crippen LogP contribution is -2.49. The molecule has 1 N–H and O–H groups in total. The third kappa shape index (κ3) is 4.19. The first-order valence-corrected chi connectivity index (χ1v) is 8.69. The van der Waals surface area contributed by atoms with E-state index >= 15 is 0 Å². The van der Waals surface area contributed by atoms with E-state index in [0.717, 1.165) is 23.9 Å². The number of nitrogens with zero attached hydrogens (tertiary/aromatic N) is 1. The fraction of sp³-hybridized carbons (Fsp3) is 1.00. The number of nitrogens with one attached hydrogen (secondary N) is 1. The maximum atomic E-state index is 3.69. The molecule has 0 bridgehead atoms. The predicted octanol–water partition coefficient (Wildman–Crippen LogP) is 3.67. The lowest BCUT2D eigenvalue weighted by Gasteiger charge is -2.42. The highest BCUT2D eigenvalue weighted by Gasteiger charge is 2.32. The molecule has 0 amide bonds. The normalized spacial score (nSPS) is 36.0. The van der Waals surface area contributed by atoms with Crippen molar-refractivity contribution in [1.82, 2.24) is 10.2 Å². The molecule has 0 aromatic rings. The zero-order chi connectivity index (χ0) is 13.7. The van der Waals surface area contributed by atoms with Gasteiger partial charge in [-0.3, -0.25) is 4.90 Å². The lowest BCUT2D eigenvalue weighted by molar-refractivity contribution is 0.0731. The van der Waals surface area contributed by atoms with Crippen LogP contribution in [0.4, 0.5) is 0 Å². The summed E-state index contributed by atoms with van der Waals surface area (Å²) in [7, 11) is 0. The minimum Gasteiger partial charge on any atom is -0.313 e. The van der Waals surface area contributed by atoms with Gasteiger partial charge in [0.25, 0.3) is 0 Å². The summed E-state index contributed by atoms with van der Waals surface area (Å²) in [4.78, 5) is 2.84. The van der Waals surface area contributed by atoms with Crippen LogP contribution in [0.15, 0.2) is 0 Å². The molecule has 1 saturated carbocycles. The number of unbranched alkanes of at least 4 members (excludes halogenated alkanes) is 1. The van der Waals surface area contributed by atoms with Crippen molar-refractivity contribution in [2.24, 2.45) is 11.8 Å². The lowest BCUT2D eigenvalue weighted by atomic mass is 9.77. The smallest absolute Gasteiger partial charge is 0.0195 e. The Balaban J connectivity index is 1.94. The van der Waals surface area contributed by atoms with Gasteiger partial charge in [0.2, 0.25) is 0 Å². The minimum absolute atomic E-state index is 0.765. The Labute approximate surface area is 120 Å². The highest BCUT2D eigenvalue weighted by Crippen LogP contribution is 2.33. The van der Waals surface area contributed by atoms with Gasteiger partial charge >= 0.3 is 0 Å². The number of rotatable bonds is 6. The van der Waals surface area contributed by atoms with Gasteiger partial charge < -0.3 is 5.32 Å². The molecule has 1 aliphatic heterocycles. The minimum atomic E-state index is 0.765. The van der Waals surface area contributed by atoms with Gasteiger partial charge in [0, 0.05) is 18.6 Å². The Bertz CT molecular complexity index is 248. The summed E-state index contributed by atoms with van der Waals surface area (Å²) < 4.78 is 0. The van der Waals surface area contributed by atoms with Crippen molar-refractivity contribution in [3.63, 3.8) is 0 Å². The van der Waals surface area contributed by atoms with Gasteiger partial charge in [0.05, 0.1) is 0 Å². The standard InChI is InChI=1S/C17H34N2/c1-4-5-12-19(13-16-9-7-11-18-16)17-10-6-8-14(2)15(17)3/h14-18H,4-13H2,1-3H3. The maximum absolute atomic E-state index is 3.69. The zero-order valence-corrected chi connectivity index (χ0v) is 13.3. The van der Waals surface area contributed by atoms with Crippen molar-refractivity contribution in [1.29, 1.82) is 0 Å². The summed E-state index contributed by atoms with van der Waals surface area (Å²) in [6.07, 6.45) is 9.78. The first-order valence-electron chi connectivity index (χ1n) is 8.69. The fourth-order valence-corrected chi connectivity index (χ4v) is 4.02. The second-order valence-electron chi connectivity index (χ2n) is 6.98. The number of hydrogen-bond donors (Lipinski definition) is 1. The zero-order valence-electron chi connectivity index (χ0n) is 13.3. The van der Waals surface area contributed by atoms with Crippen LogP contribution >= 0.6 is 0 Å². The van der Waals surface area contributed by atoms with E-state index in [9.17, 15) is 0 Å². The second kappa shape index (κ2) is 7.64. The largest absolute Gasteiger partial charge is 0.313 e. The topological polar surface area (TPSA) is 15.3 Å². The molecule has 112 valence electrons.